The van der Waals surface area contributed by atoms with Gasteiger partial charge in [0, 0.05) is 11.3 Å². The molecule has 5 atom stereocenters. The highest BCUT2D eigenvalue weighted by Gasteiger charge is 2.56. The molecule has 1 aromatic carbocycles. The quantitative estimate of drug-likeness (QED) is 0.617. The van der Waals surface area contributed by atoms with Gasteiger partial charge in [-0.05, 0) is 61.7 Å². The topological polar surface area (TPSA) is 81.3 Å². The Hall–Kier alpha value is -2.00. The van der Waals surface area contributed by atoms with Crippen LogP contribution in [-0.2, 0) is 20.6 Å². The molecule has 2 N–H and O–H groups in total. The molecule has 2 aliphatic heterocycles. The largest absolute Gasteiger partial charge is 0.464 e. The number of aliphatic hydroxyl groups is 2. The Bertz CT molecular complexity index is 1060. The number of aryl methyl sites for hydroxylation is 1. The van der Waals surface area contributed by atoms with E-state index in [0.717, 1.165) is 28.2 Å². The molecule has 6 nitrogen and oxygen atoms in total. The van der Waals surface area contributed by atoms with Gasteiger partial charge < -0.3 is 28.8 Å². The van der Waals surface area contributed by atoms with Crippen molar-refractivity contribution in [3.63, 3.8) is 0 Å². The summed E-state index contributed by atoms with van der Waals surface area (Å²) in [4.78, 5) is 2.29. The van der Waals surface area contributed by atoms with Gasteiger partial charge in [0.25, 0.3) is 0 Å². The van der Waals surface area contributed by atoms with Crippen LogP contribution < -0.4 is 0 Å². The Labute approximate surface area is 185 Å². The third-order valence-electron chi connectivity index (χ3n) is 5.87. The van der Waals surface area contributed by atoms with Gasteiger partial charge in [-0.2, -0.15) is 0 Å². The summed E-state index contributed by atoms with van der Waals surface area (Å²) >= 11 is 1.69. The van der Waals surface area contributed by atoms with Crippen LogP contribution in [0.3, 0.4) is 0 Å². The monoisotopic (exact) mass is 442 g/mol. The first-order valence-electron chi connectivity index (χ1n) is 10.4. The van der Waals surface area contributed by atoms with Crippen molar-refractivity contribution in [2.75, 3.05) is 0 Å². The van der Waals surface area contributed by atoms with Gasteiger partial charge >= 0.3 is 0 Å². The zero-order valence-corrected chi connectivity index (χ0v) is 18.5. The standard InChI is InChI=1S/C24H26O6S/c1-13-6-7-14(19(25)21-20(26)22-23(28-21)30-24(2,3)29-22)11-15(13)12-16-8-9-18(31-16)17-5-4-10-27-17/h4-11,19-23,25-26H,12H2,1-3H3. The molecule has 4 heterocycles. The van der Waals surface area contributed by atoms with Gasteiger partial charge in [-0.3, -0.25) is 0 Å². The predicted molar refractivity (Wildman–Crippen MR) is 116 cm³/mol. The highest BCUT2D eigenvalue weighted by Crippen LogP contribution is 2.41. The predicted octanol–water partition coefficient (Wildman–Crippen LogP) is 4.18. The van der Waals surface area contributed by atoms with Crippen LogP contribution >= 0.6 is 11.3 Å². The SMILES string of the molecule is Cc1ccc(C(O)C2OC3OC(C)(C)OC3C2O)cc1Cc1ccc(-c2ccco2)s1. The van der Waals surface area contributed by atoms with Gasteiger partial charge in [0.05, 0.1) is 11.1 Å². The van der Waals surface area contributed by atoms with Crippen molar-refractivity contribution in [1.82, 2.24) is 0 Å². The molecule has 7 heteroatoms. The first kappa shape index (κ1) is 20.9. The van der Waals surface area contributed by atoms with Crippen molar-refractivity contribution >= 4 is 11.3 Å². The maximum atomic E-state index is 11.0. The number of rotatable bonds is 5. The molecule has 2 aliphatic rings. The van der Waals surface area contributed by atoms with Crippen molar-refractivity contribution in [3.05, 3.63) is 70.3 Å². The molecule has 2 saturated heterocycles. The number of fused-ring (bicyclic) bond motifs is 1. The second-order valence-corrected chi connectivity index (χ2v) is 9.78. The lowest BCUT2D eigenvalue weighted by molar-refractivity contribution is -0.226. The summed E-state index contributed by atoms with van der Waals surface area (Å²) in [5, 5.41) is 21.7. The summed E-state index contributed by atoms with van der Waals surface area (Å²) in [5.41, 5.74) is 2.96. The first-order chi connectivity index (χ1) is 14.8. The van der Waals surface area contributed by atoms with E-state index in [1.54, 1.807) is 31.4 Å². The minimum absolute atomic E-state index is 0.606. The van der Waals surface area contributed by atoms with Crippen LogP contribution in [0.2, 0.25) is 0 Å². The van der Waals surface area contributed by atoms with Gasteiger partial charge in [-0.15, -0.1) is 11.3 Å². The first-order valence-corrected chi connectivity index (χ1v) is 11.2. The fraction of sp³-hybridized carbons (Fsp3) is 0.417. The smallest absolute Gasteiger partial charge is 0.190 e. The van der Waals surface area contributed by atoms with Crippen LogP contribution in [0, 0.1) is 6.92 Å². The molecule has 0 radical (unpaired) electrons. The summed E-state index contributed by atoms with van der Waals surface area (Å²) in [6.07, 6.45) is -1.64. The molecule has 0 saturated carbocycles. The second-order valence-electron chi connectivity index (χ2n) is 8.61. The van der Waals surface area contributed by atoms with Crippen molar-refractivity contribution in [2.45, 2.75) is 63.7 Å². The highest BCUT2D eigenvalue weighted by atomic mass is 32.1. The number of hydrogen-bond donors (Lipinski definition) is 2. The van der Waals surface area contributed by atoms with Crippen molar-refractivity contribution in [3.8, 4) is 10.6 Å². The average molecular weight is 443 g/mol. The van der Waals surface area contributed by atoms with Gasteiger partial charge in [0.1, 0.15) is 30.2 Å². The van der Waals surface area contributed by atoms with Gasteiger partial charge in [0.2, 0.25) is 0 Å². The summed E-state index contributed by atoms with van der Waals surface area (Å²) in [6.45, 7) is 5.61. The Morgan fingerprint density at radius 3 is 2.71 bits per heavy atom. The van der Waals surface area contributed by atoms with Crippen LogP contribution in [0.5, 0.6) is 0 Å². The van der Waals surface area contributed by atoms with E-state index in [9.17, 15) is 10.2 Å². The van der Waals surface area contributed by atoms with E-state index < -0.39 is 36.5 Å². The van der Waals surface area contributed by atoms with E-state index in [1.807, 2.05) is 30.3 Å². The summed E-state index contributed by atoms with van der Waals surface area (Å²) in [6, 6.07) is 13.9. The number of hydrogen-bond acceptors (Lipinski definition) is 7. The Balaban J connectivity index is 1.33. The van der Waals surface area contributed by atoms with Gasteiger partial charge in [0.15, 0.2) is 12.1 Å². The van der Waals surface area contributed by atoms with Gasteiger partial charge in [-0.1, -0.05) is 18.2 Å². The van der Waals surface area contributed by atoms with Crippen molar-refractivity contribution < 1.29 is 28.8 Å². The van der Waals surface area contributed by atoms with Crippen LogP contribution in [0.25, 0.3) is 10.6 Å². The van der Waals surface area contributed by atoms with Crippen LogP contribution in [-0.4, -0.2) is 40.6 Å². The normalized spacial score (nSPS) is 28.0. The van der Waals surface area contributed by atoms with E-state index >= 15 is 0 Å². The number of benzene rings is 1. The summed E-state index contributed by atoms with van der Waals surface area (Å²) in [5.74, 6) is 0.0565. The molecule has 164 valence electrons. The summed E-state index contributed by atoms with van der Waals surface area (Å²) in [7, 11) is 0. The van der Waals surface area contributed by atoms with Crippen LogP contribution in [0.1, 0.15) is 41.5 Å². The number of aliphatic hydroxyl groups excluding tert-OH is 2. The minimum atomic E-state index is -0.989. The number of ether oxygens (including phenoxy) is 3. The van der Waals surface area contributed by atoms with Crippen molar-refractivity contribution in [2.24, 2.45) is 0 Å². The molecule has 3 aromatic rings. The molecule has 0 bridgehead atoms. The van der Waals surface area contributed by atoms with E-state index in [1.165, 1.54) is 4.88 Å². The molecule has 2 aromatic heterocycles. The summed E-state index contributed by atoms with van der Waals surface area (Å²) < 4.78 is 22.7. The molecular formula is C24H26O6S. The molecule has 0 spiro atoms. The van der Waals surface area contributed by atoms with Crippen LogP contribution in [0.4, 0.5) is 0 Å². The van der Waals surface area contributed by atoms with Crippen molar-refractivity contribution in [1.29, 1.82) is 0 Å². The van der Waals surface area contributed by atoms with E-state index in [0.29, 0.717) is 5.56 Å². The zero-order chi connectivity index (χ0) is 21.8. The maximum absolute atomic E-state index is 11.0. The third-order valence-corrected chi connectivity index (χ3v) is 6.97. The molecule has 2 fully saturated rings. The Morgan fingerprint density at radius 2 is 1.97 bits per heavy atom. The lowest BCUT2D eigenvalue weighted by atomic mass is 9.94. The van der Waals surface area contributed by atoms with Gasteiger partial charge in [-0.25, -0.2) is 0 Å². The molecule has 0 amide bonds. The minimum Gasteiger partial charge on any atom is -0.464 e. The molecular weight excluding hydrogens is 416 g/mol. The lowest BCUT2D eigenvalue weighted by Gasteiger charge is -2.26. The molecule has 31 heavy (non-hydrogen) atoms. The lowest BCUT2D eigenvalue weighted by Crippen LogP contribution is -2.37. The molecule has 5 rings (SSSR count). The van der Waals surface area contributed by atoms with E-state index in [2.05, 4.69) is 19.1 Å². The van der Waals surface area contributed by atoms with E-state index in [-0.39, 0.29) is 0 Å². The third kappa shape index (κ3) is 3.98. The molecule has 0 aliphatic carbocycles. The highest BCUT2D eigenvalue weighted by molar-refractivity contribution is 7.15. The fourth-order valence-corrected chi connectivity index (χ4v) is 5.24. The maximum Gasteiger partial charge on any atom is 0.190 e. The number of thiophene rings is 1. The van der Waals surface area contributed by atoms with Crippen LogP contribution in [0.15, 0.2) is 53.1 Å². The fourth-order valence-electron chi connectivity index (χ4n) is 4.24. The Morgan fingerprint density at radius 1 is 1.13 bits per heavy atom. The molecule has 5 unspecified atom stereocenters. The zero-order valence-electron chi connectivity index (χ0n) is 17.6. The Kier molecular flexibility index (Phi) is 5.29. The second kappa shape index (κ2) is 7.85. The van der Waals surface area contributed by atoms with E-state index in [4.69, 9.17) is 18.6 Å². The average Bonchev–Trinajstić information content (AvgIpc) is 3.49. The number of furan rings is 1.